The Bertz CT molecular complexity index is 1280. The first-order chi connectivity index (χ1) is 18.0. The third-order valence-corrected chi connectivity index (χ3v) is 8.74. The highest BCUT2D eigenvalue weighted by atomic mass is 35.5. The summed E-state index contributed by atoms with van der Waals surface area (Å²) in [6, 6.07) is 11.0. The number of amides is 2. The minimum absolute atomic E-state index is 0.0176. The molecule has 2 aliphatic heterocycles. The zero-order valence-corrected chi connectivity index (χ0v) is 22.8. The lowest BCUT2D eigenvalue weighted by Crippen LogP contribution is -2.56. The molecule has 9 heteroatoms. The number of nitrogens with zero attached hydrogens (tertiary/aromatic N) is 2. The van der Waals surface area contributed by atoms with Gasteiger partial charge in [0.2, 0.25) is 11.8 Å². The van der Waals surface area contributed by atoms with E-state index in [-0.39, 0.29) is 29.8 Å². The fourth-order valence-electron chi connectivity index (χ4n) is 5.36. The van der Waals surface area contributed by atoms with Gasteiger partial charge in [-0.25, -0.2) is 4.98 Å². The van der Waals surface area contributed by atoms with Crippen LogP contribution in [0.5, 0.6) is 0 Å². The summed E-state index contributed by atoms with van der Waals surface area (Å²) in [7, 11) is 1.75. The van der Waals surface area contributed by atoms with E-state index in [0.717, 1.165) is 52.7 Å². The molecule has 3 heterocycles. The molecule has 0 radical (unpaired) electrons. The van der Waals surface area contributed by atoms with Crippen molar-refractivity contribution in [3.05, 3.63) is 51.8 Å². The van der Waals surface area contributed by atoms with Gasteiger partial charge in [-0.05, 0) is 68.5 Å². The Morgan fingerprint density at radius 1 is 1.19 bits per heavy atom. The van der Waals surface area contributed by atoms with Crippen LogP contribution in [0.15, 0.2) is 41.8 Å². The van der Waals surface area contributed by atoms with Gasteiger partial charge in [0.05, 0.1) is 17.8 Å². The average molecular weight is 541 g/mol. The molecule has 2 aromatic carbocycles. The van der Waals surface area contributed by atoms with E-state index in [4.69, 9.17) is 21.3 Å². The topological polar surface area (TPSA) is 83.6 Å². The molecule has 3 atom stereocenters. The van der Waals surface area contributed by atoms with E-state index >= 15 is 0 Å². The van der Waals surface area contributed by atoms with Crippen LogP contribution in [-0.2, 0) is 14.3 Å². The van der Waals surface area contributed by atoms with Crippen molar-refractivity contribution < 1.29 is 14.3 Å². The fourth-order valence-corrected chi connectivity index (χ4v) is 6.55. The number of aromatic nitrogens is 1. The molecule has 2 saturated heterocycles. The standard InChI is InChI=1S/C28H33ClN4O3S/c1-17(30-2)26(34)32-25(18-9-12-36-13-10-18)28(35)33-11-5-8-24(33)27-31-23(16-37-27)22-15-20(29)14-19-6-3-4-7-21(19)22/h3-4,6-7,14-18,24-25,30H,5,8-13H2,1-2H3,(H,32,34)/t17-,24-,25-/m0/s1. The second-order valence-corrected chi connectivity index (χ2v) is 11.2. The predicted molar refractivity (Wildman–Crippen MR) is 148 cm³/mol. The average Bonchev–Trinajstić information content (AvgIpc) is 3.61. The van der Waals surface area contributed by atoms with Gasteiger partial charge in [-0.2, -0.15) is 0 Å². The number of rotatable bonds is 7. The molecule has 5 rings (SSSR count). The number of thiazole rings is 1. The highest BCUT2D eigenvalue weighted by Gasteiger charge is 2.40. The molecule has 2 amide bonds. The third kappa shape index (κ3) is 5.53. The summed E-state index contributed by atoms with van der Waals surface area (Å²) in [5.41, 5.74) is 1.87. The van der Waals surface area contributed by atoms with E-state index in [2.05, 4.69) is 28.1 Å². The normalized spacial score (nSPS) is 20.2. The molecule has 0 bridgehead atoms. The number of likely N-dealkylation sites (N-methyl/N-ethyl adjacent to an activating group) is 1. The summed E-state index contributed by atoms with van der Waals surface area (Å²) in [5, 5.41) is 11.9. The molecule has 37 heavy (non-hydrogen) atoms. The largest absolute Gasteiger partial charge is 0.381 e. The van der Waals surface area contributed by atoms with Gasteiger partial charge in [0.25, 0.3) is 0 Å². The molecule has 0 spiro atoms. The minimum atomic E-state index is -0.566. The zero-order chi connectivity index (χ0) is 25.9. The van der Waals surface area contributed by atoms with E-state index in [1.807, 2.05) is 29.2 Å². The highest BCUT2D eigenvalue weighted by molar-refractivity contribution is 7.10. The fraction of sp³-hybridized carbons (Fsp3) is 0.464. The van der Waals surface area contributed by atoms with E-state index in [9.17, 15) is 9.59 Å². The first kappa shape index (κ1) is 26.1. The van der Waals surface area contributed by atoms with Crippen LogP contribution in [0.25, 0.3) is 22.0 Å². The summed E-state index contributed by atoms with van der Waals surface area (Å²) < 4.78 is 5.54. The van der Waals surface area contributed by atoms with Gasteiger partial charge < -0.3 is 20.3 Å². The van der Waals surface area contributed by atoms with Crippen molar-refractivity contribution in [1.82, 2.24) is 20.5 Å². The first-order valence-corrected chi connectivity index (χ1v) is 14.2. The molecule has 7 nitrogen and oxygen atoms in total. The molecule has 0 aliphatic carbocycles. The molecular formula is C28H33ClN4O3S. The maximum Gasteiger partial charge on any atom is 0.246 e. The SMILES string of the molecule is CN[C@@H](C)C(=O)N[C@H](C(=O)N1CCC[C@H]1c1nc(-c2cc(Cl)cc3ccccc23)cs1)C1CCOCC1. The number of hydrogen-bond donors (Lipinski definition) is 2. The van der Waals surface area contributed by atoms with Crippen LogP contribution >= 0.6 is 22.9 Å². The maximum atomic E-state index is 14.0. The second kappa shape index (κ2) is 11.5. The van der Waals surface area contributed by atoms with Gasteiger partial charge in [-0.3, -0.25) is 9.59 Å². The van der Waals surface area contributed by atoms with Crippen LogP contribution in [0, 0.1) is 5.92 Å². The van der Waals surface area contributed by atoms with Crippen molar-refractivity contribution in [3.63, 3.8) is 0 Å². The smallest absolute Gasteiger partial charge is 0.246 e. The summed E-state index contributed by atoms with van der Waals surface area (Å²) in [6.07, 6.45) is 3.28. The van der Waals surface area contributed by atoms with E-state index in [0.29, 0.717) is 24.8 Å². The van der Waals surface area contributed by atoms with Crippen molar-refractivity contribution >= 4 is 45.5 Å². The van der Waals surface area contributed by atoms with Crippen molar-refractivity contribution in [2.24, 2.45) is 5.92 Å². The predicted octanol–water partition coefficient (Wildman–Crippen LogP) is 4.80. The molecule has 2 aliphatic rings. The molecule has 3 aromatic rings. The Hall–Kier alpha value is -2.52. The Morgan fingerprint density at radius 2 is 1.97 bits per heavy atom. The quantitative estimate of drug-likeness (QED) is 0.450. The number of halogens is 1. The number of ether oxygens (including phenoxy) is 1. The minimum Gasteiger partial charge on any atom is -0.381 e. The molecule has 0 saturated carbocycles. The number of likely N-dealkylation sites (tertiary alicyclic amines) is 1. The number of fused-ring (bicyclic) bond motifs is 1. The lowest BCUT2D eigenvalue weighted by atomic mass is 9.90. The van der Waals surface area contributed by atoms with Crippen LogP contribution < -0.4 is 10.6 Å². The second-order valence-electron chi connectivity index (χ2n) is 9.88. The van der Waals surface area contributed by atoms with Crippen molar-refractivity contribution in [2.45, 2.75) is 50.7 Å². The van der Waals surface area contributed by atoms with Gasteiger partial charge in [-0.15, -0.1) is 11.3 Å². The summed E-state index contributed by atoms with van der Waals surface area (Å²) in [4.78, 5) is 33.7. The Kier molecular flexibility index (Phi) is 8.09. The number of benzene rings is 2. The third-order valence-electron chi connectivity index (χ3n) is 7.57. The monoisotopic (exact) mass is 540 g/mol. The van der Waals surface area contributed by atoms with Crippen molar-refractivity contribution in [1.29, 1.82) is 0 Å². The van der Waals surface area contributed by atoms with Crippen molar-refractivity contribution in [2.75, 3.05) is 26.8 Å². The van der Waals surface area contributed by atoms with Crippen LogP contribution in [0.1, 0.15) is 43.7 Å². The number of hydrogen-bond acceptors (Lipinski definition) is 6. The summed E-state index contributed by atoms with van der Waals surface area (Å²) in [5.74, 6) is -0.122. The summed E-state index contributed by atoms with van der Waals surface area (Å²) in [6.45, 7) is 3.68. The lowest BCUT2D eigenvalue weighted by molar-refractivity contribution is -0.140. The van der Waals surface area contributed by atoms with Gasteiger partial charge in [0.15, 0.2) is 0 Å². The van der Waals surface area contributed by atoms with Gasteiger partial charge >= 0.3 is 0 Å². The maximum absolute atomic E-state index is 14.0. The van der Waals surface area contributed by atoms with E-state index in [1.165, 1.54) is 0 Å². The first-order valence-electron chi connectivity index (χ1n) is 13.0. The lowest BCUT2D eigenvalue weighted by Gasteiger charge is -2.35. The van der Waals surface area contributed by atoms with Crippen LogP contribution in [0.4, 0.5) is 0 Å². The molecule has 1 aromatic heterocycles. The Balaban J connectivity index is 1.41. The highest BCUT2D eigenvalue weighted by Crippen LogP contribution is 2.39. The van der Waals surface area contributed by atoms with Gasteiger partial charge in [0, 0.05) is 35.7 Å². The number of carbonyl (C=O) groups excluding carboxylic acids is 2. The Morgan fingerprint density at radius 3 is 2.76 bits per heavy atom. The molecular weight excluding hydrogens is 508 g/mol. The van der Waals surface area contributed by atoms with E-state index < -0.39 is 6.04 Å². The zero-order valence-electron chi connectivity index (χ0n) is 21.2. The van der Waals surface area contributed by atoms with Gasteiger partial charge in [-0.1, -0.05) is 35.9 Å². The van der Waals surface area contributed by atoms with Crippen LogP contribution in [0.2, 0.25) is 5.02 Å². The van der Waals surface area contributed by atoms with Crippen molar-refractivity contribution in [3.8, 4) is 11.3 Å². The van der Waals surface area contributed by atoms with Crippen LogP contribution in [0.3, 0.4) is 0 Å². The number of nitrogens with one attached hydrogen (secondary N) is 2. The van der Waals surface area contributed by atoms with Gasteiger partial charge in [0.1, 0.15) is 11.0 Å². The van der Waals surface area contributed by atoms with E-state index in [1.54, 1.807) is 25.3 Å². The number of carbonyl (C=O) groups is 2. The molecule has 2 fully saturated rings. The molecule has 0 unspecified atom stereocenters. The Labute approximate surface area is 226 Å². The summed E-state index contributed by atoms with van der Waals surface area (Å²) >= 11 is 8.01. The molecule has 196 valence electrons. The van der Waals surface area contributed by atoms with Crippen LogP contribution in [-0.4, -0.2) is 60.6 Å². The molecule has 2 N–H and O–H groups in total.